The van der Waals surface area contributed by atoms with Gasteiger partial charge >= 0.3 is 0 Å². The van der Waals surface area contributed by atoms with Gasteiger partial charge in [0.05, 0.1) is 12.4 Å². The van der Waals surface area contributed by atoms with Crippen molar-refractivity contribution in [2.45, 2.75) is 19.8 Å². The molecule has 0 amide bonds. The highest BCUT2D eigenvalue weighted by Crippen LogP contribution is 1.92. The van der Waals surface area contributed by atoms with Gasteiger partial charge in [-0.3, -0.25) is 0 Å². The van der Waals surface area contributed by atoms with Crippen LogP contribution in [0.1, 0.15) is 19.8 Å². The van der Waals surface area contributed by atoms with Crippen molar-refractivity contribution < 1.29 is 0 Å². The van der Waals surface area contributed by atoms with Gasteiger partial charge in [-0.05, 0) is 6.42 Å². The summed E-state index contributed by atoms with van der Waals surface area (Å²) in [6, 6.07) is 0. The average Bonchev–Trinajstić information content (AvgIpc) is 2.07. The van der Waals surface area contributed by atoms with Crippen molar-refractivity contribution >= 4 is 5.95 Å². The molecular weight excluding hydrogens is 140 g/mol. The number of hydrogen-bond acceptors (Lipinski definition) is 4. The zero-order valence-corrected chi connectivity index (χ0v) is 6.62. The largest absolute Gasteiger partial charge is 0.353 e. The van der Waals surface area contributed by atoms with Crippen molar-refractivity contribution in [1.82, 2.24) is 15.2 Å². The molecule has 0 saturated carbocycles. The van der Waals surface area contributed by atoms with E-state index in [-0.39, 0.29) is 0 Å². The van der Waals surface area contributed by atoms with Gasteiger partial charge in [-0.25, -0.2) is 4.98 Å². The smallest absolute Gasteiger partial charge is 0.242 e. The summed E-state index contributed by atoms with van der Waals surface area (Å²) in [7, 11) is 0. The van der Waals surface area contributed by atoms with Gasteiger partial charge in [0.1, 0.15) is 0 Å². The van der Waals surface area contributed by atoms with Crippen LogP contribution in [-0.4, -0.2) is 21.7 Å². The molecule has 0 atom stereocenters. The average molecular weight is 152 g/mol. The van der Waals surface area contributed by atoms with Crippen LogP contribution in [0.25, 0.3) is 0 Å². The molecule has 0 saturated heterocycles. The van der Waals surface area contributed by atoms with Gasteiger partial charge in [0, 0.05) is 6.54 Å². The molecule has 1 heterocycles. The van der Waals surface area contributed by atoms with Crippen LogP contribution in [0.5, 0.6) is 0 Å². The Balaban J connectivity index is 2.28. The number of rotatable bonds is 4. The second-order valence-corrected chi connectivity index (χ2v) is 2.25. The molecule has 4 nitrogen and oxygen atoms in total. The Morgan fingerprint density at radius 1 is 1.45 bits per heavy atom. The van der Waals surface area contributed by atoms with Crippen molar-refractivity contribution in [1.29, 1.82) is 0 Å². The summed E-state index contributed by atoms with van der Waals surface area (Å²) in [6.07, 6.45) is 5.50. The maximum Gasteiger partial charge on any atom is 0.242 e. The van der Waals surface area contributed by atoms with Crippen LogP contribution in [0.15, 0.2) is 12.4 Å². The summed E-state index contributed by atoms with van der Waals surface area (Å²) in [5, 5.41) is 10.5. The molecule has 0 bridgehead atoms. The molecule has 0 aromatic carbocycles. The first-order chi connectivity index (χ1) is 5.43. The molecule has 0 aliphatic rings. The Hall–Kier alpha value is -1.19. The topological polar surface area (TPSA) is 50.7 Å². The van der Waals surface area contributed by atoms with Gasteiger partial charge in [-0.2, -0.15) is 5.10 Å². The van der Waals surface area contributed by atoms with E-state index in [1.54, 1.807) is 12.4 Å². The first kappa shape index (κ1) is 7.91. The van der Waals surface area contributed by atoms with Gasteiger partial charge in [0.25, 0.3) is 0 Å². The Bertz CT molecular complexity index is 187. The third kappa shape index (κ3) is 2.93. The first-order valence-electron chi connectivity index (χ1n) is 3.81. The predicted molar refractivity (Wildman–Crippen MR) is 43.2 cm³/mol. The van der Waals surface area contributed by atoms with Gasteiger partial charge in [-0.15, -0.1) is 5.10 Å². The van der Waals surface area contributed by atoms with E-state index in [0.29, 0.717) is 5.95 Å². The lowest BCUT2D eigenvalue weighted by molar-refractivity contribution is 0.819. The highest BCUT2D eigenvalue weighted by Gasteiger charge is 1.90. The Morgan fingerprint density at radius 3 is 3.00 bits per heavy atom. The van der Waals surface area contributed by atoms with E-state index >= 15 is 0 Å². The molecule has 1 rings (SSSR count). The molecule has 4 heteroatoms. The van der Waals surface area contributed by atoms with Crippen LogP contribution < -0.4 is 5.32 Å². The Kier molecular flexibility index (Phi) is 3.31. The summed E-state index contributed by atoms with van der Waals surface area (Å²) in [5.74, 6) is 0.612. The number of unbranched alkanes of at least 4 members (excludes halogenated alkanes) is 1. The van der Waals surface area contributed by atoms with Crippen LogP contribution in [0.2, 0.25) is 0 Å². The lowest BCUT2D eigenvalue weighted by Gasteiger charge is -1.99. The zero-order chi connectivity index (χ0) is 7.94. The highest BCUT2D eigenvalue weighted by molar-refractivity contribution is 5.19. The number of hydrogen-bond donors (Lipinski definition) is 1. The molecule has 1 aromatic rings. The van der Waals surface area contributed by atoms with Gasteiger partial charge in [-0.1, -0.05) is 13.3 Å². The standard InChI is InChI=1S/C7H12N4/c1-2-3-4-8-7-9-5-6-10-11-7/h5-6H,2-4H2,1H3,(H,8,9,11). The fourth-order valence-corrected chi connectivity index (χ4v) is 0.706. The monoisotopic (exact) mass is 152 g/mol. The van der Waals surface area contributed by atoms with Crippen LogP contribution in [-0.2, 0) is 0 Å². The van der Waals surface area contributed by atoms with Crippen molar-refractivity contribution in [3.63, 3.8) is 0 Å². The number of nitrogens with one attached hydrogen (secondary N) is 1. The molecule has 11 heavy (non-hydrogen) atoms. The lowest BCUT2D eigenvalue weighted by Crippen LogP contribution is -2.04. The summed E-state index contributed by atoms with van der Waals surface area (Å²) < 4.78 is 0. The molecular formula is C7H12N4. The van der Waals surface area contributed by atoms with Crippen molar-refractivity contribution in [3.05, 3.63) is 12.4 Å². The third-order valence-electron chi connectivity index (χ3n) is 1.30. The lowest BCUT2D eigenvalue weighted by atomic mass is 10.3. The molecule has 0 spiro atoms. The van der Waals surface area contributed by atoms with Crippen LogP contribution in [0.3, 0.4) is 0 Å². The van der Waals surface area contributed by atoms with Crippen molar-refractivity contribution in [2.24, 2.45) is 0 Å². The molecule has 1 aromatic heterocycles. The Labute approximate surface area is 66.1 Å². The summed E-state index contributed by atoms with van der Waals surface area (Å²) in [6.45, 7) is 3.06. The number of aromatic nitrogens is 3. The fourth-order valence-electron chi connectivity index (χ4n) is 0.706. The predicted octanol–water partition coefficient (Wildman–Crippen LogP) is 1.08. The summed E-state index contributed by atoms with van der Waals surface area (Å²) in [4.78, 5) is 3.97. The molecule has 0 fully saturated rings. The second-order valence-electron chi connectivity index (χ2n) is 2.25. The molecule has 1 N–H and O–H groups in total. The maximum absolute atomic E-state index is 3.97. The van der Waals surface area contributed by atoms with E-state index in [1.807, 2.05) is 0 Å². The quantitative estimate of drug-likeness (QED) is 0.656. The summed E-state index contributed by atoms with van der Waals surface area (Å²) >= 11 is 0. The molecule has 0 aliphatic carbocycles. The highest BCUT2D eigenvalue weighted by atomic mass is 15.2. The molecule has 0 radical (unpaired) electrons. The Morgan fingerprint density at radius 2 is 2.36 bits per heavy atom. The van der Waals surface area contributed by atoms with Gasteiger partial charge in [0.2, 0.25) is 5.95 Å². The van der Waals surface area contributed by atoms with E-state index in [0.717, 1.165) is 13.0 Å². The van der Waals surface area contributed by atoms with E-state index < -0.39 is 0 Å². The second kappa shape index (κ2) is 4.60. The van der Waals surface area contributed by atoms with Crippen LogP contribution >= 0.6 is 0 Å². The molecule has 0 aliphatic heterocycles. The van der Waals surface area contributed by atoms with E-state index in [1.165, 1.54) is 6.42 Å². The van der Waals surface area contributed by atoms with Crippen LogP contribution in [0, 0.1) is 0 Å². The van der Waals surface area contributed by atoms with Crippen molar-refractivity contribution in [3.8, 4) is 0 Å². The fraction of sp³-hybridized carbons (Fsp3) is 0.571. The van der Waals surface area contributed by atoms with E-state index in [4.69, 9.17) is 0 Å². The van der Waals surface area contributed by atoms with Gasteiger partial charge < -0.3 is 5.32 Å². The van der Waals surface area contributed by atoms with E-state index in [9.17, 15) is 0 Å². The van der Waals surface area contributed by atoms with Gasteiger partial charge in [0.15, 0.2) is 0 Å². The number of anilines is 1. The summed E-state index contributed by atoms with van der Waals surface area (Å²) in [5.41, 5.74) is 0. The molecule has 60 valence electrons. The minimum atomic E-state index is 0.612. The third-order valence-corrected chi connectivity index (χ3v) is 1.30. The minimum absolute atomic E-state index is 0.612. The molecule has 0 unspecified atom stereocenters. The SMILES string of the molecule is CCCCNc1nccnn1. The zero-order valence-electron chi connectivity index (χ0n) is 6.62. The number of nitrogens with zero attached hydrogens (tertiary/aromatic N) is 3. The van der Waals surface area contributed by atoms with E-state index in [2.05, 4.69) is 27.4 Å². The maximum atomic E-state index is 3.97. The van der Waals surface area contributed by atoms with Crippen molar-refractivity contribution in [2.75, 3.05) is 11.9 Å². The van der Waals surface area contributed by atoms with Crippen LogP contribution in [0.4, 0.5) is 5.95 Å². The minimum Gasteiger partial charge on any atom is -0.353 e. The first-order valence-corrected chi connectivity index (χ1v) is 3.81. The normalized spacial score (nSPS) is 9.55.